The lowest BCUT2D eigenvalue weighted by Gasteiger charge is -2.15. The summed E-state index contributed by atoms with van der Waals surface area (Å²) in [6.07, 6.45) is 2.56. The molecule has 134 valence electrons. The molecule has 1 unspecified atom stereocenters. The van der Waals surface area contributed by atoms with E-state index < -0.39 is 10.0 Å². The van der Waals surface area contributed by atoms with Gasteiger partial charge in [-0.15, -0.1) is 0 Å². The quantitative estimate of drug-likeness (QED) is 0.586. The average Bonchev–Trinajstić information content (AvgIpc) is 3.08. The van der Waals surface area contributed by atoms with E-state index in [1.165, 1.54) is 37.0 Å². The summed E-state index contributed by atoms with van der Waals surface area (Å²) in [6, 6.07) is 6.92. The van der Waals surface area contributed by atoms with Crippen molar-refractivity contribution in [1.29, 1.82) is 0 Å². The van der Waals surface area contributed by atoms with Gasteiger partial charge in [0.05, 0.1) is 4.90 Å². The zero-order valence-corrected chi connectivity index (χ0v) is 16.1. The van der Waals surface area contributed by atoms with Crippen LogP contribution in [0.25, 0.3) is 0 Å². The Labute approximate surface area is 149 Å². The van der Waals surface area contributed by atoms with Crippen molar-refractivity contribution in [3.05, 3.63) is 29.8 Å². The van der Waals surface area contributed by atoms with Crippen molar-refractivity contribution in [2.45, 2.75) is 29.5 Å². The van der Waals surface area contributed by atoms with Gasteiger partial charge in [-0.2, -0.15) is 11.8 Å². The summed E-state index contributed by atoms with van der Waals surface area (Å²) >= 11 is 2.01. The minimum atomic E-state index is -3.37. The van der Waals surface area contributed by atoms with Crippen LogP contribution in [0.3, 0.4) is 0 Å². The molecular weight excluding hydrogens is 344 g/mol. The molecular formula is C16H26N4O2S2. The highest BCUT2D eigenvalue weighted by molar-refractivity contribution is 8.00. The van der Waals surface area contributed by atoms with Gasteiger partial charge in [0.15, 0.2) is 5.96 Å². The summed E-state index contributed by atoms with van der Waals surface area (Å²) in [5.41, 5.74) is 1.01. The van der Waals surface area contributed by atoms with E-state index in [4.69, 9.17) is 0 Å². The molecule has 1 aromatic carbocycles. The summed E-state index contributed by atoms with van der Waals surface area (Å²) in [5, 5.41) is 7.27. The lowest BCUT2D eigenvalue weighted by Crippen LogP contribution is -2.39. The number of sulfonamides is 1. The van der Waals surface area contributed by atoms with Crippen LogP contribution >= 0.6 is 11.8 Å². The van der Waals surface area contributed by atoms with Gasteiger partial charge in [-0.25, -0.2) is 12.7 Å². The summed E-state index contributed by atoms with van der Waals surface area (Å²) in [4.78, 5) is 4.53. The molecule has 8 heteroatoms. The Morgan fingerprint density at radius 1 is 1.29 bits per heavy atom. The van der Waals surface area contributed by atoms with Gasteiger partial charge in [0.25, 0.3) is 0 Å². The second kappa shape index (κ2) is 8.73. The third-order valence-corrected chi connectivity index (χ3v) is 7.13. The molecule has 1 aliphatic rings. The summed E-state index contributed by atoms with van der Waals surface area (Å²) < 4.78 is 25.3. The Balaban J connectivity index is 1.86. The van der Waals surface area contributed by atoms with E-state index in [-0.39, 0.29) is 0 Å². The van der Waals surface area contributed by atoms with Crippen molar-refractivity contribution in [2.75, 3.05) is 33.4 Å². The summed E-state index contributed by atoms with van der Waals surface area (Å²) in [5.74, 6) is 2.02. The van der Waals surface area contributed by atoms with Crippen molar-refractivity contribution in [3.63, 3.8) is 0 Å². The standard InChI is InChI=1S/C16H26N4O2S2/c1-17-16(19-12-14-5-4-10-23-14)18-11-13-6-8-15(9-7-13)24(21,22)20(2)3/h6-9,14H,4-5,10-12H2,1-3H3,(H2,17,18,19). The Morgan fingerprint density at radius 3 is 2.54 bits per heavy atom. The van der Waals surface area contributed by atoms with Crippen LogP contribution in [0.2, 0.25) is 0 Å². The second-order valence-corrected chi connectivity index (χ2v) is 9.43. The fraction of sp³-hybridized carbons (Fsp3) is 0.562. The molecule has 6 nitrogen and oxygen atoms in total. The Bertz CT molecular complexity index is 651. The Kier molecular flexibility index (Phi) is 6.94. The third kappa shape index (κ3) is 5.12. The maximum absolute atomic E-state index is 12.0. The molecule has 1 fully saturated rings. The predicted molar refractivity (Wildman–Crippen MR) is 101 cm³/mol. The van der Waals surface area contributed by atoms with Crippen LogP contribution in [0, 0.1) is 0 Å². The van der Waals surface area contributed by atoms with Gasteiger partial charge in [0.2, 0.25) is 10.0 Å². The number of thioether (sulfide) groups is 1. The average molecular weight is 371 g/mol. The summed E-state index contributed by atoms with van der Waals surface area (Å²) in [6.45, 7) is 1.52. The smallest absolute Gasteiger partial charge is 0.242 e. The van der Waals surface area contributed by atoms with E-state index in [9.17, 15) is 8.42 Å². The number of rotatable bonds is 6. The van der Waals surface area contributed by atoms with E-state index in [1.807, 2.05) is 23.9 Å². The molecule has 1 saturated heterocycles. The van der Waals surface area contributed by atoms with Crippen LogP contribution < -0.4 is 10.6 Å². The first kappa shape index (κ1) is 19.1. The zero-order valence-electron chi connectivity index (χ0n) is 14.4. The van der Waals surface area contributed by atoms with Gasteiger partial charge < -0.3 is 10.6 Å². The number of aliphatic imine (C=N–C) groups is 1. The van der Waals surface area contributed by atoms with Crippen LogP contribution in [0.1, 0.15) is 18.4 Å². The molecule has 0 aliphatic carbocycles. The molecule has 2 rings (SSSR count). The normalized spacial score (nSPS) is 18.8. The van der Waals surface area contributed by atoms with Gasteiger partial charge in [0.1, 0.15) is 0 Å². The number of nitrogens with one attached hydrogen (secondary N) is 2. The van der Waals surface area contributed by atoms with Gasteiger partial charge in [0, 0.05) is 39.5 Å². The minimum absolute atomic E-state index is 0.303. The lowest BCUT2D eigenvalue weighted by molar-refractivity contribution is 0.520. The topological polar surface area (TPSA) is 73.8 Å². The first-order chi connectivity index (χ1) is 11.4. The second-order valence-electron chi connectivity index (χ2n) is 5.87. The maximum atomic E-state index is 12.0. The fourth-order valence-corrected chi connectivity index (χ4v) is 4.52. The van der Waals surface area contributed by atoms with E-state index in [2.05, 4.69) is 15.6 Å². The molecule has 0 radical (unpaired) electrons. The van der Waals surface area contributed by atoms with Gasteiger partial charge in [-0.1, -0.05) is 12.1 Å². The van der Waals surface area contributed by atoms with Gasteiger partial charge in [-0.05, 0) is 36.3 Å². The number of hydrogen-bond acceptors (Lipinski definition) is 4. The van der Waals surface area contributed by atoms with Crippen LogP contribution in [0.15, 0.2) is 34.2 Å². The summed E-state index contributed by atoms with van der Waals surface area (Å²) in [7, 11) is 1.44. The van der Waals surface area contributed by atoms with Crippen LogP contribution in [0.4, 0.5) is 0 Å². The molecule has 0 amide bonds. The van der Waals surface area contributed by atoms with Crippen LogP contribution in [0.5, 0.6) is 0 Å². The largest absolute Gasteiger partial charge is 0.355 e. The van der Waals surface area contributed by atoms with Gasteiger partial charge in [-0.3, -0.25) is 4.99 Å². The Hall–Kier alpha value is -1.25. The molecule has 1 aliphatic heterocycles. The molecule has 0 bridgehead atoms. The van der Waals surface area contributed by atoms with Gasteiger partial charge >= 0.3 is 0 Å². The number of guanidine groups is 1. The molecule has 1 atom stereocenters. The zero-order chi connectivity index (χ0) is 17.6. The Morgan fingerprint density at radius 2 is 2.00 bits per heavy atom. The molecule has 24 heavy (non-hydrogen) atoms. The monoisotopic (exact) mass is 370 g/mol. The lowest BCUT2D eigenvalue weighted by atomic mass is 10.2. The molecule has 0 spiro atoms. The van der Waals surface area contributed by atoms with E-state index >= 15 is 0 Å². The van der Waals surface area contributed by atoms with Crippen molar-refractivity contribution in [3.8, 4) is 0 Å². The molecule has 1 aromatic rings. The molecule has 0 saturated carbocycles. The van der Waals surface area contributed by atoms with Crippen molar-refractivity contribution in [1.82, 2.24) is 14.9 Å². The fourth-order valence-electron chi connectivity index (χ4n) is 2.41. The van der Waals surface area contributed by atoms with Crippen molar-refractivity contribution < 1.29 is 8.42 Å². The van der Waals surface area contributed by atoms with E-state index in [1.54, 1.807) is 19.2 Å². The minimum Gasteiger partial charge on any atom is -0.355 e. The number of nitrogens with zero attached hydrogens (tertiary/aromatic N) is 2. The maximum Gasteiger partial charge on any atom is 0.242 e. The number of hydrogen-bond donors (Lipinski definition) is 2. The highest BCUT2D eigenvalue weighted by Crippen LogP contribution is 2.25. The molecule has 0 aromatic heterocycles. The number of benzene rings is 1. The predicted octanol–water partition coefficient (Wildman–Crippen LogP) is 1.50. The van der Waals surface area contributed by atoms with Crippen molar-refractivity contribution >= 4 is 27.7 Å². The highest BCUT2D eigenvalue weighted by Gasteiger charge is 2.17. The highest BCUT2D eigenvalue weighted by atomic mass is 32.2. The third-order valence-electron chi connectivity index (χ3n) is 3.91. The van der Waals surface area contributed by atoms with Crippen molar-refractivity contribution in [2.24, 2.45) is 4.99 Å². The molecule has 2 N–H and O–H groups in total. The SMILES string of the molecule is CN=C(NCc1ccc(S(=O)(=O)N(C)C)cc1)NCC1CCCS1. The van der Waals surface area contributed by atoms with E-state index in [0.29, 0.717) is 16.7 Å². The van der Waals surface area contributed by atoms with Crippen LogP contribution in [-0.2, 0) is 16.6 Å². The van der Waals surface area contributed by atoms with E-state index in [0.717, 1.165) is 18.1 Å². The molecule has 1 heterocycles. The van der Waals surface area contributed by atoms with Crippen LogP contribution in [-0.4, -0.2) is 57.4 Å². The first-order valence-electron chi connectivity index (χ1n) is 8.01. The first-order valence-corrected chi connectivity index (χ1v) is 10.5.